The third kappa shape index (κ3) is 4.35. The van der Waals surface area contributed by atoms with Gasteiger partial charge in [0.15, 0.2) is 0 Å². The number of hydrogen-bond donors (Lipinski definition) is 2. The topological polar surface area (TPSA) is 55.1 Å². The van der Waals surface area contributed by atoms with Crippen LogP contribution < -0.4 is 11.1 Å². The minimum atomic E-state index is 0.000824. The van der Waals surface area contributed by atoms with Crippen LogP contribution in [0.15, 0.2) is 48.5 Å². The van der Waals surface area contributed by atoms with Crippen LogP contribution in [0, 0.1) is 0 Å². The number of nitrogens with two attached hydrogens (primary N) is 1. The van der Waals surface area contributed by atoms with Gasteiger partial charge in [0.2, 0.25) is 5.91 Å². The Balaban J connectivity index is 1.99. The smallest absolute Gasteiger partial charge is 0.224 e. The average Bonchev–Trinajstić information content (AvgIpc) is 2.46. The van der Waals surface area contributed by atoms with Crippen LogP contribution in [-0.4, -0.2) is 5.91 Å². The van der Waals surface area contributed by atoms with Gasteiger partial charge in [-0.25, -0.2) is 0 Å². The zero-order valence-corrected chi connectivity index (χ0v) is 13.5. The summed E-state index contributed by atoms with van der Waals surface area (Å²) in [5.41, 5.74) is 9.57. The molecule has 3 N–H and O–H groups in total. The van der Waals surface area contributed by atoms with Gasteiger partial charge in [0.1, 0.15) is 0 Å². The van der Waals surface area contributed by atoms with Crippen LogP contribution in [0.2, 0.25) is 0 Å². The predicted molar refractivity (Wildman–Crippen MR) is 92.9 cm³/mol. The van der Waals surface area contributed by atoms with Gasteiger partial charge in [0.25, 0.3) is 0 Å². The van der Waals surface area contributed by atoms with Crippen LogP contribution in [0.5, 0.6) is 0 Å². The molecule has 0 atom stereocenters. The molecule has 0 heterocycles. The number of rotatable bonds is 4. The van der Waals surface area contributed by atoms with Crippen molar-refractivity contribution in [3.63, 3.8) is 0 Å². The number of benzene rings is 2. The van der Waals surface area contributed by atoms with Crippen molar-refractivity contribution < 1.29 is 4.79 Å². The number of nitrogens with one attached hydrogen (secondary N) is 1. The van der Waals surface area contributed by atoms with Crippen molar-refractivity contribution in [1.29, 1.82) is 0 Å². The van der Waals surface area contributed by atoms with E-state index in [2.05, 4.69) is 32.2 Å². The monoisotopic (exact) mass is 296 g/mol. The van der Waals surface area contributed by atoms with Crippen LogP contribution in [0.25, 0.3) is 0 Å². The Bertz CT molecular complexity index is 639. The van der Waals surface area contributed by atoms with Crippen molar-refractivity contribution in [2.75, 3.05) is 11.1 Å². The predicted octanol–water partition coefficient (Wildman–Crippen LogP) is 4.14. The lowest BCUT2D eigenvalue weighted by Crippen LogP contribution is -2.18. The fraction of sp³-hybridized carbons (Fsp3) is 0.316. The molecule has 0 aliphatic heterocycles. The molecule has 3 nitrogen and oxygen atoms in total. The number of nitrogen functional groups attached to an aromatic ring is 1. The van der Waals surface area contributed by atoms with Crippen molar-refractivity contribution in [3.05, 3.63) is 59.7 Å². The first-order valence-corrected chi connectivity index (χ1v) is 7.60. The van der Waals surface area contributed by atoms with Gasteiger partial charge in [-0.1, -0.05) is 51.1 Å². The number of amides is 1. The normalized spacial score (nSPS) is 11.2. The molecule has 22 heavy (non-hydrogen) atoms. The quantitative estimate of drug-likeness (QED) is 0.833. The highest BCUT2D eigenvalue weighted by Crippen LogP contribution is 2.29. The molecule has 0 aliphatic rings. The number of hydrogen-bond acceptors (Lipinski definition) is 2. The van der Waals surface area contributed by atoms with Gasteiger partial charge in [0, 0.05) is 17.8 Å². The fourth-order valence-electron chi connectivity index (χ4n) is 2.40. The maximum atomic E-state index is 12.2. The fourth-order valence-corrected chi connectivity index (χ4v) is 2.40. The molecule has 0 bridgehead atoms. The highest BCUT2D eigenvalue weighted by molar-refractivity contribution is 5.91. The van der Waals surface area contributed by atoms with Crippen LogP contribution in [0.1, 0.15) is 38.3 Å². The second-order valence-electron chi connectivity index (χ2n) is 6.59. The number of carbonyl (C=O) groups is 1. The summed E-state index contributed by atoms with van der Waals surface area (Å²) in [6, 6.07) is 15.6. The highest BCUT2D eigenvalue weighted by atomic mass is 16.1. The lowest BCUT2D eigenvalue weighted by molar-refractivity contribution is -0.116. The largest absolute Gasteiger partial charge is 0.399 e. The molecule has 2 aromatic carbocycles. The first-order chi connectivity index (χ1) is 10.4. The zero-order valence-electron chi connectivity index (χ0n) is 13.5. The van der Waals surface area contributed by atoms with E-state index in [1.54, 1.807) is 0 Å². The van der Waals surface area contributed by atoms with E-state index in [9.17, 15) is 4.79 Å². The Kier molecular flexibility index (Phi) is 4.86. The zero-order chi connectivity index (χ0) is 16.2. The Morgan fingerprint density at radius 3 is 2.32 bits per heavy atom. The highest BCUT2D eigenvalue weighted by Gasteiger charge is 2.18. The first kappa shape index (κ1) is 16.1. The van der Waals surface area contributed by atoms with E-state index >= 15 is 0 Å². The molecule has 0 radical (unpaired) electrons. The summed E-state index contributed by atoms with van der Waals surface area (Å²) >= 11 is 0. The van der Waals surface area contributed by atoms with E-state index in [4.69, 9.17) is 5.73 Å². The van der Waals surface area contributed by atoms with Gasteiger partial charge in [0.05, 0.1) is 0 Å². The average molecular weight is 296 g/mol. The van der Waals surface area contributed by atoms with Gasteiger partial charge in [-0.05, 0) is 41.2 Å². The minimum absolute atomic E-state index is 0.000824. The summed E-state index contributed by atoms with van der Waals surface area (Å²) in [6.07, 6.45) is 1.17. The Morgan fingerprint density at radius 1 is 1.05 bits per heavy atom. The molecule has 1 amide bonds. The molecule has 2 aromatic rings. The summed E-state index contributed by atoms with van der Waals surface area (Å²) in [5.74, 6) is 0.0357. The Hall–Kier alpha value is -2.29. The van der Waals surface area contributed by atoms with E-state index in [0.29, 0.717) is 12.8 Å². The van der Waals surface area contributed by atoms with Gasteiger partial charge in [-0.3, -0.25) is 4.79 Å². The molecule has 0 spiro atoms. The van der Waals surface area contributed by atoms with Crippen LogP contribution in [-0.2, 0) is 16.6 Å². The third-order valence-electron chi connectivity index (χ3n) is 3.63. The van der Waals surface area contributed by atoms with Crippen molar-refractivity contribution in [1.82, 2.24) is 0 Å². The van der Waals surface area contributed by atoms with Crippen molar-refractivity contribution in [2.24, 2.45) is 0 Å². The maximum absolute atomic E-state index is 12.2. The Labute approximate surface area is 132 Å². The molecule has 2 rings (SSSR count). The number of para-hydroxylation sites is 1. The van der Waals surface area contributed by atoms with Gasteiger partial charge in [-0.2, -0.15) is 0 Å². The SMILES string of the molecule is CC(C)(C)c1ccccc1NC(=O)CCc1ccc(N)cc1. The summed E-state index contributed by atoms with van der Waals surface area (Å²) in [6.45, 7) is 6.44. The molecular weight excluding hydrogens is 272 g/mol. The van der Waals surface area contributed by atoms with Crippen LogP contribution in [0.4, 0.5) is 11.4 Å². The van der Waals surface area contributed by atoms with E-state index in [1.165, 1.54) is 0 Å². The molecule has 0 aromatic heterocycles. The summed E-state index contributed by atoms with van der Waals surface area (Å²) < 4.78 is 0. The first-order valence-electron chi connectivity index (χ1n) is 7.60. The summed E-state index contributed by atoms with van der Waals surface area (Å²) in [7, 11) is 0. The van der Waals surface area contributed by atoms with Crippen LogP contribution >= 0.6 is 0 Å². The number of anilines is 2. The minimum Gasteiger partial charge on any atom is -0.399 e. The van der Waals surface area contributed by atoms with Gasteiger partial charge in [-0.15, -0.1) is 0 Å². The van der Waals surface area contributed by atoms with Gasteiger partial charge >= 0.3 is 0 Å². The molecule has 116 valence electrons. The van der Waals surface area contributed by atoms with E-state index in [-0.39, 0.29) is 11.3 Å². The number of aryl methyl sites for hydroxylation is 1. The second-order valence-corrected chi connectivity index (χ2v) is 6.59. The van der Waals surface area contributed by atoms with Crippen molar-refractivity contribution >= 4 is 17.3 Å². The maximum Gasteiger partial charge on any atom is 0.224 e. The van der Waals surface area contributed by atoms with E-state index < -0.39 is 0 Å². The second kappa shape index (κ2) is 6.65. The Morgan fingerprint density at radius 2 is 1.68 bits per heavy atom. The van der Waals surface area contributed by atoms with Gasteiger partial charge < -0.3 is 11.1 Å². The van der Waals surface area contributed by atoms with Crippen molar-refractivity contribution in [3.8, 4) is 0 Å². The standard InChI is InChI=1S/C19H24N2O/c1-19(2,3)16-6-4-5-7-17(16)21-18(22)13-10-14-8-11-15(20)12-9-14/h4-9,11-12H,10,13,20H2,1-3H3,(H,21,22). The molecular formula is C19H24N2O. The van der Waals surface area contributed by atoms with Crippen molar-refractivity contribution in [2.45, 2.75) is 39.0 Å². The molecule has 0 saturated heterocycles. The molecule has 0 fully saturated rings. The lowest BCUT2D eigenvalue weighted by Gasteiger charge is -2.23. The molecule has 0 unspecified atom stereocenters. The van der Waals surface area contributed by atoms with Crippen LogP contribution in [0.3, 0.4) is 0 Å². The van der Waals surface area contributed by atoms with E-state index in [0.717, 1.165) is 22.5 Å². The van der Waals surface area contributed by atoms with E-state index in [1.807, 2.05) is 42.5 Å². The molecule has 0 aliphatic carbocycles. The lowest BCUT2D eigenvalue weighted by atomic mass is 9.86. The summed E-state index contributed by atoms with van der Waals surface area (Å²) in [4.78, 5) is 12.2. The number of carbonyl (C=O) groups excluding carboxylic acids is 1. The third-order valence-corrected chi connectivity index (χ3v) is 3.63. The molecule has 3 heteroatoms. The molecule has 0 saturated carbocycles. The summed E-state index contributed by atoms with van der Waals surface area (Å²) in [5, 5.41) is 3.04.